The van der Waals surface area contributed by atoms with Crippen LogP contribution in [0.4, 0.5) is 18.3 Å². The number of hydrogen-bond donors (Lipinski definition) is 1. The molecule has 0 radical (unpaired) electrons. The van der Waals surface area contributed by atoms with E-state index in [0.29, 0.717) is 41.9 Å². The van der Waals surface area contributed by atoms with E-state index in [1.165, 1.54) is 0 Å². The highest BCUT2D eigenvalue weighted by Crippen LogP contribution is 2.35. The highest BCUT2D eigenvalue weighted by atomic mass is 32.1. The third-order valence-corrected chi connectivity index (χ3v) is 4.01. The second kappa shape index (κ2) is 5.40. The number of rotatable bonds is 3. The van der Waals surface area contributed by atoms with Gasteiger partial charge in [0.2, 0.25) is 10.1 Å². The van der Waals surface area contributed by atoms with Crippen LogP contribution in [0.15, 0.2) is 0 Å². The Bertz CT molecular complexity index is 394. The molecule has 1 atom stereocenters. The number of piperidine rings is 1. The van der Waals surface area contributed by atoms with Gasteiger partial charge < -0.3 is 10.0 Å². The Kier molecular flexibility index (Phi) is 4.06. The van der Waals surface area contributed by atoms with E-state index in [1.54, 1.807) is 0 Å². The van der Waals surface area contributed by atoms with Gasteiger partial charge in [-0.3, -0.25) is 0 Å². The predicted molar refractivity (Wildman–Crippen MR) is 61.6 cm³/mol. The molecule has 1 N–H and O–H groups in total. The molecule has 1 saturated heterocycles. The van der Waals surface area contributed by atoms with E-state index in [9.17, 15) is 13.2 Å². The highest BCUT2D eigenvalue weighted by Gasteiger charge is 2.36. The molecule has 0 bridgehead atoms. The number of aromatic nitrogens is 2. The standard InChI is InChI=1S/C10H14F3N3OS/c11-10(12,13)8-14-15-9(18-8)16-4-1-2-7(6-16)3-5-17/h7,17H,1-6H2. The Morgan fingerprint density at radius 1 is 1.39 bits per heavy atom. The molecule has 0 amide bonds. The van der Waals surface area contributed by atoms with Gasteiger partial charge in [0.1, 0.15) is 0 Å². The van der Waals surface area contributed by atoms with Crippen molar-refractivity contribution in [3.05, 3.63) is 5.01 Å². The second-order valence-corrected chi connectivity index (χ2v) is 5.31. The molecule has 1 aromatic heterocycles. The fourth-order valence-corrected chi connectivity index (χ4v) is 2.86. The summed E-state index contributed by atoms with van der Waals surface area (Å²) < 4.78 is 37.3. The zero-order valence-corrected chi connectivity index (χ0v) is 10.5. The molecule has 18 heavy (non-hydrogen) atoms. The maximum atomic E-state index is 12.4. The summed E-state index contributed by atoms with van der Waals surface area (Å²) >= 11 is 0.583. The molecule has 4 nitrogen and oxygen atoms in total. The summed E-state index contributed by atoms with van der Waals surface area (Å²) in [6, 6.07) is 0. The van der Waals surface area contributed by atoms with Crippen LogP contribution < -0.4 is 4.90 Å². The first kappa shape index (κ1) is 13.5. The summed E-state index contributed by atoms with van der Waals surface area (Å²) in [4.78, 5) is 1.83. The summed E-state index contributed by atoms with van der Waals surface area (Å²) in [7, 11) is 0. The average molecular weight is 281 g/mol. The SMILES string of the molecule is OCCC1CCCN(c2nnc(C(F)(F)F)s2)C1. The Morgan fingerprint density at radius 2 is 2.17 bits per heavy atom. The molecule has 1 aromatic rings. The first-order valence-corrected chi connectivity index (χ1v) is 6.59. The van der Waals surface area contributed by atoms with Crippen molar-refractivity contribution in [3.8, 4) is 0 Å². The molecule has 1 unspecified atom stereocenters. The maximum Gasteiger partial charge on any atom is 0.445 e. The molecule has 0 aliphatic carbocycles. The molecule has 1 aliphatic rings. The third-order valence-electron chi connectivity index (χ3n) is 2.98. The molecule has 2 rings (SSSR count). The molecule has 0 aromatic carbocycles. The minimum absolute atomic E-state index is 0.114. The van der Waals surface area contributed by atoms with Gasteiger partial charge >= 0.3 is 6.18 Å². The molecule has 0 spiro atoms. The Balaban J connectivity index is 2.05. The minimum atomic E-state index is -4.42. The Labute approximate surface area is 106 Å². The quantitative estimate of drug-likeness (QED) is 0.922. The lowest BCUT2D eigenvalue weighted by atomic mass is 9.95. The first-order valence-electron chi connectivity index (χ1n) is 5.77. The number of halogens is 3. The fourth-order valence-electron chi connectivity index (χ4n) is 2.11. The average Bonchev–Trinajstić information content (AvgIpc) is 2.78. The van der Waals surface area contributed by atoms with E-state index >= 15 is 0 Å². The van der Waals surface area contributed by atoms with Crippen molar-refractivity contribution in [2.24, 2.45) is 5.92 Å². The maximum absolute atomic E-state index is 12.4. The van der Waals surface area contributed by atoms with Crippen molar-refractivity contribution < 1.29 is 18.3 Å². The van der Waals surface area contributed by atoms with Gasteiger partial charge in [0.15, 0.2) is 0 Å². The summed E-state index contributed by atoms with van der Waals surface area (Å²) in [6.07, 6.45) is -1.83. The van der Waals surface area contributed by atoms with Crippen LogP contribution in [0.3, 0.4) is 0 Å². The topological polar surface area (TPSA) is 49.2 Å². The third kappa shape index (κ3) is 3.11. The molecule has 102 valence electrons. The van der Waals surface area contributed by atoms with Crippen LogP contribution in [0.2, 0.25) is 0 Å². The van der Waals surface area contributed by atoms with Gasteiger partial charge in [-0.2, -0.15) is 13.2 Å². The van der Waals surface area contributed by atoms with Crippen LogP contribution >= 0.6 is 11.3 Å². The minimum Gasteiger partial charge on any atom is -0.396 e. The van der Waals surface area contributed by atoms with Gasteiger partial charge in [0.25, 0.3) is 0 Å². The van der Waals surface area contributed by atoms with Crippen LogP contribution in [0, 0.1) is 5.92 Å². The molecule has 1 fully saturated rings. The van der Waals surface area contributed by atoms with Crippen molar-refractivity contribution in [2.45, 2.75) is 25.4 Å². The zero-order chi connectivity index (χ0) is 13.2. The van der Waals surface area contributed by atoms with Crippen molar-refractivity contribution in [1.29, 1.82) is 0 Å². The molecular formula is C10H14F3N3OS. The van der Waals surface area contributed by atoms with Crippen LogP contribution in [-0.2, 0) is 6.18 Å². The molecule has 8 heteroatoms. The smallest absolute Gasteiger partial charge is 0.396 e. The van der Waals surface area contributed by atoms with Crippen molar-refractivity contribution >= 4 is 16.5 Å². The summed E-state index contributed by atoms with van der Waals surface area (Å²) in [5.74, 6) is 0.321. The van der Waals surface area contributed by atoms with Crippen molar-refractivity contribution in [2.75, 3.05) is 24.6 Å². The van der Waals surface area contributed by atoms with E-state index in [-0.39, 0.29) is 6.61 Å². The molecular weight excluding hydrogens is 267 g/mol. The normalized spacial score (nSPS) is 21.3. The lowest BCUT2D eigenvalue weighted by molar-refractivity contribution is -0.138. The van der Waals surface area contributed by atoms with Gasteiger partial charge in [-0.05, 0) is 25.2 Å². The van der Waals surface area contributed by atoms with Gasteiger partial charge in [-0.1, -0.05) is 11.3 Å². The lowest BCUT2D eigenvalue weighted by Gasteiger charge is -2.31. The number of aliphatic hydroxyl groups is 1. The van der Waals surface area contributed by atoms with Crippen LogP contribution in [-0.4, -0.2) is 35.0 Å². The van der Waals surface area contributed by atoms with E-state index in [0.717, 1.165) is 12.8 Å². The van der Waals surface area contributed by atoms with Gasteiger partial charge in [-0.25, -0.2) is 0 Å². The number of nitrogens with zero attached hydrogens (tertiary/aromatic N) is 3. The van der Waals surface area contributed by atoms with E-state index < -0.39 is 11.2 Å². The zero-order valence-electron chi connectivity index (χ0n) is 9.65. The largest absolute Gasteiger partial charge is 0.445 e. The second-order valence-electron chi connectivity index (χ2n) is 4.35. The number of hydrogen-bond acceptors (Lipinski definition) is 5. The van der Waals surface area contributed by atoms with Crippen LogP contribution in [0.25, 0.3) is 0 Å². The monoisotopic (exact) mass is 281 g/mol. The number of anilines is 1. The van der Waals surface area contributed by atoms with E-state index in [1.807, 2.05) is 4.90 Å². The Morgan fingerprint density at radius 3 is 2.78 bits per heavy atom. The van der Waals surface area contributed by atoms with E-state index in [2.05, 4.69) is 10.2 Å². The molecule has 2 heterocycles. The molecule has 0 saturated carbocycles. The van der Waals surface area contributed by atoms with Crippen LogP contribution in [0.1, 0.15) is 24.3 Å². The van der Waals surface area contributed by atoms with Gasteiger partial charge in [0, 0.05) is 19.7 Å². The summed E-state index contributed by atoms with van der Waals surface area (Å²) in [5.41, 5.74) is 0. The lowest BCUT2D eigenvalue weighted by Crippen LogP contribution is -2.35. The fraction of sp³-hybridized carbons (Fsp3) is 0.800. The number of aliphatic hydroxyl groups excluding tert-OH is 1. The summed E-state index contributed by atoms with van der Waals surface area (Å²) in [5, 5.41) is 15.1. The van der Waals surface area contributed by atoms with Gasteiger partial charge in [0.05, 0.1) is 0 Å². The van der Waals surface area contributed by atoms with Crippen molar-refractivity contribution in [3.63, 3.8) is 0 Å². The highest BCUT2D eigenvalue weighted by molar-refractivity contribution is 7.15. The van der Waals surface area contributed by atoms with Gasteiger partial charge in [-0.15, -0.1) is 10.2 Å². The summed E-state index contributed by atoms with van der Waals surface area (Å²) in [6.45, 7) is 1.46. The Hall–Kier alpha value is -0.890. The molecule has 1 aliphatic heterocycles. The van der Waals surface area contributed by atoms with Crippen molar-refractivity contribution in [1.82, 2.24) is 10.2 Å². The number of alkyl halides is 3. The van der Waals surface area contributed by atoms with E-state index in [4.69, 9.17) is 5.11 Å². The first-order chi connectivity index (χ1) is 8.50. The van der Waals surface area contributed by atoms with Crippen LogP contribution in [0.5, 0.6) is 0 Å². The predicted octanol–water partition coefficient (Wildman–Crippen LogP) is 2.16.